The van der Waals surface area contributed by atoms with Crippen LogP contribution in [0.2, 0.25) is 0 Å². The molecule has 0 unspecified atom stereocenters. The van der Waals surface area contributed by atoms with Crippen LogP contribution in [0, 0.1) is 0 Å². The molecule has 3 N–H and O–H groups in total. The number of carboxylic acids is 2. The predicted molar refractivity (Wildman–Crippen MR) is 77.0 cm³/mol. The van der Waals surface area contributed by atoms with Gasteiger partial charge >= 0.3 is 11.9 Å². The van der Waals surface area contributed by atoms with Crippen molar-refractivity contribution < 1.29 is 29.4 Å². The monoisotopic (exact) mass is 307 g/mol. The van der Waals surface area contributed by atoms with Crippen molar-refractivity contribution in [2.75, 3.05) is 0 Å². The third-order valence-electron chi connectivity index (χ3n) is 2.98. The van der Waals surface area contributed by atoms with E-state index < -0.39 is 23.8 Å². The van der Waals surface area contributed by atoms with Gasteiger partial charge < -0.3 is 10.2 Å². The van der Waals surface area contributed by atoms with E-state index in [2.05, 4.69) is 12.2 Å². The van der Waals surface area contributed by atoms with Crippen molar-refractivity contribution in [1.82, 2.24) is 5.32 Å². The van der Waals surface area contributed by atoms with Crippen LogP contribution in [0.1, 0.15) is 63.7 Å². The Balaban J connectivity index is 0.000000261. The van der Waals surface area contributed by atoms with E-state index in [1.807, 2.05) is 0 Å². The zero-order valence-corrected chi connectivity index (χ0v) is 12.1. The summed E-state index contributed by atoms with van der Waals surface area (Å²) in [4.78, 5) is 42.7. The van der Waals surface area contributed by atoms with Crippen molar-refractivity contribution in [3.8, 4) is 0 Å². The van der Waals surface area contributed by atoms with Gasteiger partial charge in [-0.05, 0) is 24.6 Å². The highest BCUT2D eigenvalue weighted by Crippen LogP contribution is 2.17. The fraction of sp³-hybridized carbons (Fsp3) is 0.333. The molecule has 7 heteroatoms. The lowest BCUT2D eigenvalue weighted by Gasteiger charge is -1.96. The smallest absolute Gasteiger partial charge is 0.335 e. The van der Waals surface area contributed by atoms with E-state index in [0.29, 0.717) is 6.42 Å². The third kappa shape index (κ3) is 4.69. The number of fused-ring (bicyclic) bond motifs is 1. The number of rotatable bonds is 5. The summed E-state index contributed by atoms with van der Waals surface area (Å²) in [5, 5.41) is 18.9. The van der Waals surface area contributed by atoms with Gasteiger partial charge in [0, 0.05) is 6.42 Å². The number of nitrogens with one attached hydrogen (secondary N) is 1. The second-order valence-corrected chi connectivity index (χ2v) is 4.70. The first kappa shape index (κ1) is 17.4. The zero-order valence-electron chi connectivity index (χ0n) is 12.1. The summed E-state index contributed by atoms with van der Waals surface area (Å²) >= 11 is 0. The highest BCUT2D eigenvalue weighted by Gasteiger charge is 2.27. The number of imide groups is 1. The molecule has 118 valence electrons. The molecule has 1 aliphatic heterocycles. The lowest BCUT2D eigenvalue weighted by Crippen LogP contribution is -2.19. The second-order valence-electron chi connectivity index (χ2n) is 4.70. The van der Waals surface area contributed by atoms with Gasteiger partial charge in [0.1, 0.15) is 0 Å². The highest BCUT2D eigenvalue weighted by atomic mass is 16.4. The summed E-state index contributed by atoms with van der Waals surface area (Å²) in [5.74, 6) is -2.84. The molecule has 0 atom stereocenters. The molecule has 0 saturated carbocycles. The molecule has 1 aromatic carbocycles. The second kappa shape index (κ2) is 7.92. The van der Waals surface area contributed by atoms with Gasteiger partial charge in [-0.25, -0.2) is 4.79 Å². The summed E-state index contributed by atoms with van der Waals surface area (Å²) in [7, 11) is 0. The summed E-state index contributed by atoms with van der Waals surface area (Å²) in [5.41, 5.74) is 0.337. The number of amides is 2. The maximum absolute atomic E-state index is 11.1. The third-order valence-corrected chi connectivity index (χ3v) is 2.98. The maximum atomic E-state index is 11.1. The molecule has 22 heavy (non-hydrogen) atoms. The van der Waals surface area contributed by atoms with Gasteiger partial charge in [-0.15, -0.1) is 0 Å². The van der Waals surface area contributed by atoms with Crippen molar-refractivity contribution in [2.24, 2.45) is 0 Å². The van der Waals surface area contributed by atoms with Crippen LogP contribution >= 0.6 is 0 Å². The highest BCUT2D eigenvalue weighted by molar-refractivity contribution is 6.22. The predicted octanol–water partition coefficient (Wildman–Crippen LogP) is 1.92. The summed E-state index contributed by atoms with van der Waals surface area (Å²) in [6.07, 6.45) is 3.28. The fourth-order valence-electron chi connectivity index (χ4n) is 1.83. The summed E-state index contributed by atoms with van der Waals surface area (Å²) in [6, 6.07) is 3.82. The van der Waals surface area contributed by atoms with Gasteiger partial charge in [-0.2, -0.15) is 0 Å². The van der Waals surface area contributed by atoms with E-state index in [4.69, 9.17) is 10.2 Å². The molecule has 1 heterocycles. The molecule has 2 amide bonds. The molecule has 0 aromatic heterocycles. The molecular weight excluding hydrogens is 290 g/mol. The maximum Gasteiger partial charge on any atom is 0.335 e. The molecule has 2 rings (SSSR count). The van der Waals surface area contributed by atoms with Crippen LogP contribution in [-0.2, 0) is 4.79 Å². The van der Waals surface area contributed by atoms with Gasteiger partial charge in [-0.1, -0.05) is 19.8 Å². The van der Waals surface area contributed by atoms with Crippen molar-refractivity contribution >= 4 is 23.8 Å². The normalized spacial score (nSPS) is 12.0. The number of aromatic carboxylic acids is 1. The topological polar surface area (TPSA) is 121 Å². The molecule has 0 saturated heterocycles. The Labute approximate surface area is 127 Å². The van der Waals surface area contributed by atoms with Gasteiger partial charge in [0.05, 0.1) is 16.7 Å². The van der Waals surface area contributed by atoms with Crippen molar-refractivity contribution in [3.63, 3.8) is 0 Å². The lowest BCUT2D eigenvalue weighted by molar-refractivity contribution is -0.137. The van der Waals surface area contributed by atoms with Crippen LogP contribution in [0.15, 0.2) is 18.2 Å². The first-order chi connectivity index (χ1) is 10.4. The van der Waals surface area contributed by atoms with Crippen LogP contribution in [-0.4, -0.2) is 34.0 Å². The largest absolute Gasteiger partial charge is 0.481 e. The van der Waals surface area contributed by atoms with Gasteiger partial charge in [-0.3, -0.25) is 19.7 Å². The Morgan fingerprint density at radius 1 is 1.05 bits per heavy atom. The number of aliphatic carboxylic acids is 1. The van der Waals surface area contributed by atoms with E-state index in [9.17, 15) is 19.2 Å². The molecule has 7 nitrogen and oxygen atoms in total. The SMILES string of the molecule is CCCCCC(=O)O.O=C(O)c1ccc2c(c1)C(=O)NC2=O. The van der Waals surface area contributed by atoms with Crippen molar-refractivity contribution in [2.45, 2.75) is 32.6 Å². The molecule has 0 bridgehead atoms. The Morgan fingerprint density at radius 3 is 2.23 bits per heavy atom. The van der Waals surface area contributed by atoms with Gasteiger partial charge in [0.25, 0.3) is 11.8 Å². The number of unbranched alkanes of at least 4 members (excludes halogenated alkanes) is 2. The quantitative estimate of drug-likeness (QED) is 0.564. The van der Waals surface area contributed by atoms with E-state index in [-0.39, 0.29) is 16.7 Å². The summed E-state index contributed by atoms with van der Waals surface area (Å²) < 4.78 is 0. The van der Waals surface area contributed by atoms with Gasteiger partial charge in [0.15, 0.2) is 0 Å². The van der Waals surface area contributed by atoms with E-state index in [1.165, 1.54) is 18.2 Å². The average molecular weight is 307 g/mol. The van der Waals surface area contributed by atoms with Crippen LogP contribution in [0.3, 0.4) is 0 Å². The van der Waals surface area contributed by atoms with Gasteiger partial charge in [0.2, 0.25) is 0 Å². The van der Waals surface area contributed by atoms with Crippen molar-refractivity contribution in [3.05, 3.63) is 34.9 Å². The average Bonchev–Trinajstić information content (AvgIpc) is 2.74. The number of hydrogen-bond acceptors (Lipinski definition) is 4. The minimum Gasteiger partial charge on any atom is -0.481 e. The molecule has 1 aromatic rings. The number of carbonyl (C=O) groups excluding carboxylic acids is 2. The minimum atomic E-state index is -1.13. The standard InChI is InChI=1S/C9H5NO4.C6H12O2/c11-7-5-2-1-4(9(13)14)3-6(5)8(12)10-7;1-2-3-4-5-6(7)8/h1-3H,(H,13,14)(H,10,11,12);2-5H2,1H3,(H,7,8). The zero-order chi connectivity index (χ0) is 16.7. The summed E-state index contributed by atoms with van der Waals surface area (Å²) in [6.45, 7) is 2.06. The Bertz CT molecular complexity index is 608. The Hall–Kier alpha value is -2.70. The number of carbonyl (C=O) groups is 4. The first-order valence-electron chi connectivity index (χ1n) is 6.81. The first-order valence-corrected chi connectivity index (χ1v) is 6.81. The van der Waals surface area contributed by atoms with Crippen molar-refractivity contribution in [1.29, 1.82) is 0 Å². The molecule has 0 spiro atoms. The molecule has 0 aliphatic carbocycles. The number of hydrogen-bond donors (Lipinski definition) is 3. The van der Waals surface area contributed by atoms with Crippen LogP contribution in [0.25, 0.3) is 0 Å². The van der Waals surface area contributed by atoms with Crippen LogP contribution < -0.4 is 5.32 Å². The lowest BCUT2D eigenvalue weighted by atomic mass is 10.1. The molecule has 0 radical (unpaired) electrons. The number of benzene rings is 1. The Morgan fingerprint density at radius 2 is 1.68 bits per heavy atom. The molecule has 0 fully saturated rings. The van der Waals surface area contributed by atoms with Crippen LogP contribution in [0.4, 0.5) is 0 Å². The van der Waals surface area contributed by atoms with Crippen LogP contribution in [0.5, 0.6) is 0 Å². The molecular formula is C15H17NO6. The van der Waals surface area contributed by atoms with E-state index in [1.54, 1.807) is 0 Å². The number of carboxylic acid groups (broad SMARTS) is 2. The fourth-order valence-corrected chi connectivity index (χ4v) is 1.83. The van der Waals surface area contributed by atoms with E-state index >= 15 is 0 Å². The minimum absolute atomic E-state index is 0.00593. The molecule has 1 aliphatic rings. The Kier molecular flexibility index (Phi) is 6.25. The van der Waals surface area contributed by atoms with E-state index in [0.717, 1.165) is 19.3 Å².